The van der Waals surface area contributed by atoms with Gasteiger partial charge in [-0.15, -0.1) is 0 Å². The summed E-state index contributed by atoms with van der Waals surface area (Å²) in [6, 6.07) is 5.63. The van der Waals surface area contributed by atoms with Crippen LogP contribution >= 0.6 is 0 Å². The van der Waals surface area contributed by atoms with Gasteiger partial charge >= 0.3 is 6.03 Å². The van der Waals surface area contributed by atoms with Gasteiger partial charge in [-0.05, 0) is 75.6 Å². The Bertz CT molecular complexity index is 807. The number of aliphatic hydroxyl groups excluding tert-OH is 1. The molecule has 0 unspecified atom stereocenters. The van der Waals surface area contributed by atoms with Crippen molar-refractivity contribution in [3.05, 3.63) is 35.6 Å². The number of piperidine rings is 1. The lowest BCUT2D eigenvalue weighted by molar-refractivity contribution is -0.0568. The number of nitrogens with zero attached hydrogens (tertiary/aromatic N) is 1. The third-order valence-electron chi connectivity index (χ3n) is 8.14. The van der Waals surface area contributed by atoms with Crippen molar-refractivity contribution in [3.8, 4) is 0 Å². The van der Waals surface area contributed by atoms with Gasteiger partial charge in [-0.2, -0.15) is 0 Å². The van der Waals surface area contributed by atoms with Crippen LogP contribution in [0.15, 0.2) is 24.3 Å². The summed E-state index contributed by atoms with van der Waals surface area (Å²) in [4.78, 5) is 15.1. The van der Waals surface area contributed by atoms with E-state index in [1.165, 1.54) is 18.6 Å². The molecule has 1 aliphatic heterocycles. The Morgan fingerprint density at radius 1 is 1.22 bits per heavy atom. The molecule has 0 bridgehead atoms. The molecule has 1 heterocycles. The zero-order chi connectivity index (χ0) is 26.0. The number of hydrogen-bond donors (Lipinski definition) is 4. The fourth-order valence-corrected chi connectivity index (χ4v) is 6.07. The van der Waals surface area contributed by atoms with E-state index >= 15 is 0 Å². The summed E-state index contributed by atoms with van der Waals surface area (Å²) in [5, 5.41) is 29.2. The molecule has 4 atom stereocenters. The first kappa shape index (κ1) is 28.8. The van der Waals surface area contributed by atoms with Crippen LogP contribution in [0, 0.1) is 17.7 Å². The molecule has 3 rings (SSSR count). The lowest BCUT2D eigenvalue weighted by Crippen LogP contribution is -2.57. The zero-order valence-corrected chi connectivity index (χ0v) is 22.1. The predicted molar refractivity (Wildman–Crippen MR) is 139 cm³/mol. The van der Waals surface area contributed by atoms with Crippen molar-refractivity contribution < 1.29 is 24.1 Å². The van der Waals surface area contributed by atoms with Crippen LogP contribution in [0.5, 0.6) is 0 Å². The minimum absolute atomic E-state index is 0.205. The van der Waals surface area contributed by atoms with E-state index in [1.54, 1.807) is 24.1 Å². The van der Waals surface area contributed by atoms with E-state index in [-0.39, 0.29) is 29.7 Å². The van der Waals surface area contributed by atoms with Gasteiger partial charge in [0, 0.05) is 39.3 Å². The van der Waals surface area contributed by atoms with Crippen LogP contribution in [0.25, 0.3) is 0 Å². The molecular weight excluding hydrogens is 461 g/mol. The van der Waals surface area contributed by atoms with E-state index < -0.39 is 11.7 Å². The maximum atomic E-state index is 14.1. The van der Waals surface area contributed by atoms with Crippen LogP contribution in [0.1, 0.15) is 69.8 Å². The number of hydrogen-bond acceptors (Lipinski definition) is 5. The Hall–Kier alpha value is -1.74. The van der Waals surface area contributed by atoms with Crippen molar-refractivity contribution in [2.45, 2.75) is 82.0 Å². The highest BCUT2D eigenvalue weighted by atomic mass is 19.1. The topological polar surface area (TPSA) is 94.1 Å². The molecule has 2 aliphatic rings. The molecule has 1 saturated heterocycles. The number of carbonyl (C=O) groups is 1. The van der Waals surface area contributed by atoms with E-state index in [0.29, 0.717) is 38.2 Å². The van der Waals surface area contributed by atoms with Crippen molar-refractivity contribution >= 4 is 6.03 Å². The number of amides is 2. The number of carbonyl (C=O) groups excluding carboxylic acids is 1. The number of halogens is 1. The Morgan fingerprint density at radius 3 is 2.69 bits per heavy atom. The Morgan fingerprint density at radius 2 is 2.00 bits per heavy atom. The second-order valence-corrected chi connectivity index (χ2v) is 10.7. The van der Waals surface area contributed by atoms with Gasteiger partial charge in [-0.25, -0.2) is 9.18 Å². The smallest absolute Gasteiger partial charge is 0.317 e. The second kappa shape index (κ2) is 14.3. The molecule has 1 saturated carbocycles. The number of likely N-dealkylation sites (N-methyl/N-ethyl adjacent to an activating group) is 1. The first-order valence-corrected chi connectivity index (χ1v) is 13.7. The average Bonchev–Trinajstić information content (AvgIpc) is 2.91. The summed E-state index contributed by atoms with van der Waals surface area (Å²) < 4.78 is 19.3. The van der Waals surface area contributed by atoms with E-state index in [1.807, 2.05) is 7.05 Å². The van der Waals surface area contributed by atoms with Crippen molar-refractivity contribution in [1.29, 1.82) is 0 Å². The fraction of sp³-hybridized carbons (Fsp3) is 0.750. The van der Waals surface area contributed by atoms with Crippen LogP contribution in [0.3, 0.4) is 0 Å². The Balaban J connectivity index is 1.71. The normalized spacial score (nSPS) is 22.6. The molecule has 1 aliphatic carbocycles. The number of benzene rings is 1. The lowest BCUT2D eigenvalue weighted by Gasteiger charge is -2.43. The fourth-order valence-electron chi connectivity index (χ4n) is 6.07. The van der Waals surface area contributed by atoms with Crippen molar-refractivity contribution in [1.82, 2.24) is 15.5 Å². The van der Waals surface area contributed by atoms with Crippen LogP contribution in [0.2, 0.25) is 0 Å². The van der Waals surface area contributed by atoms with Crippen molar-refractivity contribution in [3.63, 3.8) is 0 Å². The summed E-state index contributed by atoms with van der Waals surface area (Å²) in [6.45, 7) is 2.08. The summed E-state index contributed by atoms with van der Waals surface area (Å²) in [6.07, 6.45) is 8.38. The summed E-state index contributed by atoms with van der Waals surface area (Å²) in [5.41, 5.74) is -0.672. The van der Waals surface area contributed by atoms with Gasteiger partial charge in [0.1, 0.15) is 5.82 Å². The third-order valence-corrected chi connectivity index (χ3v) is 8.14. The number of rotatable bonds is 12. The first-order valence-electron chi connectivity index (χ1n) is 13.7. The number of aliphatic hydroxyl groups is 2. The maximum absolute atomic E-state index is 14.1. The highest BCUT2D eigenvalue weighted by molar-refractivity contribution is 5.74. The van der Waals surface area contributed by atoms with Gasteiger partial charge in [-0.1, -0.05) is 31.4 Å². The number of urea groups is 1. The van der Waals surface area contributed by atoms with Gasteiger partial charge < -0.3 is 30.5 Å². The molecule has 204 valence electrons. The monoisotopic (exact) mass is 507 g/mol. The summed E-state index contributed by atoms with van der Waals surface area (Å²) in [5.74, 6) is -0.385. The lowest BCUT2D eigenvalue weighted by atomic mass is 9.74. The predicted octanol–water partition coefficient (Wildman–Crippen LogP) is 3.78. The van der Waals surface area contributed by atoms with Crippen LogP contribution in [0.4, 0.5) is 9.18 Å². The van der Waals surface area contributed by atoms with Gasteiger partial charge in [0.2, 0.25) is 0 Å². The number of ether oxygens (including phenoxy) is 1. The SMILES string of the molecule is CNC[C@@H](NC(=O)N1CCC[C@@H]([C@@](O)(CCCCOC)c2cccc(F)c2)C1)[C@@H](O)C1CCCCC1. The number of nitrogens with one attached hydrogen (secondary N) is 2. The summed E-state index contributed by atoms with van der Waals surface area (Å²) >= 11 is 0. The summed E-state index contributed by atoms with van der Waals surface area (Å²) in [7, 11) is 3.48. The zero-order valence-electron chi connectivity index (χ0n) is 22.1. The first-order chi connectivity index (χ1) is 17.4. The number of unbranched alkanes of at least 4 members (excludes halogenated alkanes) is 1. The minimum Gasteiger partial charge on any atom is -0.391 e. The molecule has 1 aromatic carbocycles. The molecule has 0 radical (unpaired) electrons. The minimum atomic E-state index is -1.24. The standard InChI is InChI=1S/C28H46FN3O4/c1-30-19-25(26(33)21-10-4-3-5-11-21)31-27(34)32-16-9-13-23(20-32)28(35,15-6-7-17-36-2)22-12-8-14-24(29)18-22/h8,12,14,18,21,23,25-26,30,33,35H,3-7,9-11,13,15-17,19-20H2,1-2H3,(H,31,34)/t23-,25-,26+,28-/m1/s1. The van der Waals surface area contributed by atoms with Gasteiger partial charge in [0.25, 0.3) is 0 Å². The molecule has 1 aromatic rings. The molecule has 7 nitrogen and oxygen atoms in total. The average molecular weight is 508 g/mol. The van der Waals surface area contributed by atoms with E-state index in [4.69, 9.17) is 4.74 Å². The van der Waals surface area contributed by atoms with E-state index in [9.17, 15) is 19.4 Å². The molecule has 2 fully saturated rings. The molecule has 2 amide bonds. The van der Waals surface area contributed by atoms with Gasteiger partial charge in [0.15, 0.2) is 0 Å². The Kier molecular flexibility index (Phi) is 11.4. The molecule has 0 aromatic heterocycles. The van der Waals surface area contributed by atoms with Crippen molar-refractivity contribution in [2.75, 3.05) is 40.4 Å². The Labute approximate surface area is 215 Å². The van der Waals surface area contributed by atoms with Crippen LogP contribution < -0.4 is 10.6 Å². The second-order valence-electron chi connectivity index (χ2n) is 10.7. The quantitative estimate of drug-likeness (QED) is 0.323. The largest absolute Gasteiger partial charge is 0.391 e. The maximum Gasteiger partial charge on any atom is 0.317 e. The van der Waals surface area contributed by atoms with Crippen LogP contribution in [-0.4, -0.2) is 73.7 Å². The number of likely N-dealkylation sites (tertiary alicyclic amines) is 1. The van der Waals surface area contributed by atoms with Gasteiger partial charge in [-0.3, -0.25) is 0 Å². The molecule has 8 heteroatoms. The number of methoxy groups -OCH3 is 1. The highest BCUT2D eigenvalue weighted by Crippen LogP contribution is 2.40. The molecule has 36 heavy (non-hydrogen) atoms. The third kappa shape index (κ3) is 7.63. The van der Waals surface area contributed by atoms with E-state index in [0.717, 1.165) is 51.4 Å². The highest BCUT2D eigenvalue weighted by Gasteiger charge is 2.42. The molecule has 4 N–H and O–H groups in total. The van der Waals surface area contributed by atoms with E-state index in [2.05, 4.69) is 10.6 Å². The molecular formula is C28H46FN3O4. The van der Waals surface area contributed by atoms with Crippen LogP contribution in [-0.2, 0) is 10.3 Å². The van der Waals surface area contributed by atoms with Gasteiger partial charge in [0.05, 0.1) is 17.7 Å². The van der Waals surface area contributed by atoms with Crippen molar-refractivity contribution in [2.24, 2.45) is 11.8 Å². The molecule has 0 spiro atoms.